The molecular weight excluding hydrogens is 373 g/mol. The molecule has 1 aromatic rings. The van der Waals surface area contributed by atoms with Crippen molar-refractivity contribution >= 4 is 16.0 Å². The number of aliphatic imine (C=N–C) groups is 1. The molecule has 1 aromatic heterocycles. The summed E-state index contributed by atoms with van der Waals surface area (Å²) in [4.78, 5) is 10.2. The Morgan fingerprint density at radius 3 is 2.67 bits per heavy atom. The fourth-order valence-corrected chi connectivity index (χ4v) is 4.02. The Hall–Kier alpha value is -1.78. The second kappa shape index (κ2) is 9.95. The van der Waals surface area contributed by atoms with Gasteiger partial charge in [-0.05, 0) is 26.0 Å². The van der Waals surface area contributed by atoms with E-state index in [-0.39, 0.29) is 30.8 Å². The summed E-state index contributed by atoms with van der Waals surface area (Å²) in [7, 11) is -1.69. The molecule has 0 atom stereocenters. The summed E-state index contributed by atoms with van der Waals surface area (Å²) < 4.78 is 45.3. The number of pyridine rings is 1. The summed E-state index contributed by atoms with van der Waals surface area (Å²) in [6, 6.07) is 2.90. The molecule has 0 spiro atoms. The van der Waals surface area contributed by atoms with E-state index in [9.17, 15) is 12.8 Å². The monoisotopic (exact) mass is 401 g/mol. The molecule has 0 unspecified atom stereocenters. The number of guanidine groups is 1. The summed E-state index contributed by atoms with van der Waals surface area (Å²) >= 11 is 0. The number of halogens is 1. The van der Waals surface area contributed by atoms with E-state index in [4.69, 9.17) is 4.74 Å². The van der Waals surface area contributed by atoms with Crippen LogP contribution in [0.1, 0.15) is 19.5 Å². The Labute approximate surface area is 160 Å². The third-order valence-electron chi connectivity index (χ3n) is 4.18. The van der Waals surface area contributed by atoms with Gasteiger partial charge in [0.25, 0.3) is 0 Å². The average Bonchev–Trinajstić information content (AvgIpc) is 2.63. The number of nitrogens with zero attached hydrogens (tertiary/aromatic N) is 4. The van der Waals surface area contributed by atoms with Gasteiger partial charge in [0.2, 0.25) is 10.0 Å². The average molecular weight is 402 g/mol. The Morgan fingerprint density at radius 2 is 2.07 bits per heavy atom. The van der Waals surface area contributed by atoms with E-state index in [1.165, 1.54) is 16.6 Å². The lowest BCUT2D eigenvalue weighted by Crippen LogP contribution is -2.54. The van der Waals surface area contributed by atoms with E-state index in [2.05, 4.69) is 15.3 Å². The second-order valence-electron chi connectivity index (χ2n) is 6.45. The van der Waals surface area contributed by atoms with Crippen molar-refractivity contribution in [1.29, 1.82) is 0 Å². The zero-order valence-corrected chi connectivity index (χ0v) is 16.9. The summed E-state index contributed by atoms with van der Waals surface area (Å²) in [5.74, 6) is 0.206. The van der Waals surface area contributed by atoms with Crippen molar-refractivity contribution in [1.82, 2.24) is 19.5 Å². The van der Waals surface area contributed by atoms with Crippen LogP contribution in [-0.2, 0) is 21.3 Å². The number of rotatable bonds is 7. The highest BCUT2D eigenvalue weighted by atomic mass is 32.2. The Balaban J connectivity index is 1.85. The van der Waals surface area contributed by atoms with Crippen LogP contribution in [0.25, 0.3) is 0 Å². The minimum atomic E-state index is -3.33. The first-order valence-corrected chi connectivity index (χ1v) is 10.6. The molecule has 0 aromatic carbocycles. The van der Waals surface area contributed by atoms with E-state index in [0.717, 1.165) is 0 Å². The molecular formula is C17H28FN5O3S. The number of ether oxygens (including phenoxy) is 1. The Bertz CT molecular complexity index is 734. The highest BCUT2D eigenvalue weighted by Gasteiger charge is 2.28. The molecule has 0 amide bonds. The Kier molecular flexibility index (Phi) is 7.93. The van der Waals surface area contributed by atoms with Gasteiger partial charge in [0.1, 0.15) is 5.82 Å². The molecule has 27 heavy (non-hydrogen) atoms. The molecule has 1 saturated heterocycles. The Morgan fingerprint density at radius 1 is 1.37 bits per heavy atom. The fourth-order valence-electron chi connectivity index (χ4n) is 2.74. The van der Waals surface area contributed by atoms with Gasteiger partial charge in [0.05, 0.1) is 30.7 Å². The molecule has 1 N–H and O–H groups in total. The van der Waals surface area contributed by atoms with Crippen molar-refractivity contribution in [3.63, 3.8) is 0 Å². The third-order valence-corrected chi connectivity index (χ3v) is 6.02. The first-order chi connectivity index (χ1) is 12.8. The van der Waals surface area contributed by atoms with E-state index >= 15 is 0 Å². The molecule has 2 heterocycles. The zero-order valence-electron chi connectivity index (χ0n) is 16.1. The lowest BCUT2D eigenvalue weighted by Gasteiger charge is -2.35. The first kappa shape index (κ1) is 21.5. The summed E-state index contributed by atoms with van der Waals surface area (Å²) in [5, 5.41) is 3.08. The number of nitrogens with one attached hydrogen (secondary N) is 1. The van der Waals surface area contributed by atoms with Crippen LogP contribution in [0.15, 0.2) is 23.3 Å². The lowest BCUT2D eigenvalue weighted by atomic mass is 10.3. The van der Waals surface area contributed by atoms with Gasteiger partial charge in [0.15, 0.2) is 5.96 Å². The topological polar surface area (TPSA) is 87.1 Å². The molecule has 0 saturated carbocycles. The number of piperazine rings is 1. The predicted molar refractivity (Wildman–Crippen MR) is 102 cm³/mol. The maximum atomic E-state index is 13.7. The number of sulfonamides is 1. The van der Waals surface area contributed by atoms with E-state index in [1.807, 2.05) is 18.7 Å². The van der Waals surface area contributed by atoms with Crippen LogP contribution in [0.5, 0.6) is 0 Å². The third kappa shape index (κ3) is 6.40. The van der Waals surface area contributed by atoms with Gasteiger partial charge >= 0.3 is 0 Å². The first-order valence-electron chi connectivity index (χ1n) is 8.98. The van der Waals surface area contributed by atoms with Crippen molar-refractivity contribution in [2.24, 2.45) is 4.99 Å². The maximum absolute atomic E-state index is 13.7. The molecule has 152 valence electrons. The standard InChI is InChI=1S/C17H28FN5O3S/c1-14(2)26-11-12-27(24,25)23-9-7-22(8-10-23)17(19-3)21-13-16-15(18)5-4-6-20-16/h4-6,14H,7-13H2,1-3H3,(H,19,21). The smallest absolute Gasteiger partial charge is 0.216 e. The number of hydrogen-bond acceptors (Lipinski definition) is 5. The van der Waals surface area contributed by atoms with Crippen molar-refractivity contribution in [3.8, 4) is 0 Å². The quantitative estimate of drug-likeness (QED) is 0.534. The minimum absolute atomic E-state index is 0.00962. The largest absolute Gasteiger partial charge is 0.378 e. The van der Waals surface area contributed by atoms with Crippen LogP contribution in [0, 0.1) is 5.82 Å². The zero-order chi connectivity index (χ0) is 19.9. The normalized spacial score (nSPS) is 16.8. The molecule has 10 heteroatoms. The van der Waals surface area contributed by atoms with E-state index in [0.29, 0.717) is 37.8 Å². The van der Waals surface area contributed by atoms with Crippen LogP contribution in [-0.4, -0.2) is 80.3 Å². The molecule has 1 aliphatic heterocycles. The summed E-state index contributed by atoms with van der Waals surface area (Å²) in [5.41, 5.74) is 0.310. The van der Waals surface area contributed by atoms with Crippen molar-refractivity contribution in [2.45, 2.75) is 26.5 Å². The van der Waals surface area contributed by atoms with Gasteiger partial charge in [0, 0.05) is 39.4 Å². The van der Waals surface area contributed by atoms with Crippen molar-refractivity contribution in [2.75, 3.05) is 45.6 Å². The molecule has 8 nitrogen and oxygen atoms in total. The van der Waals surface area contributed by atoms with Gasteiger partial charge in [-0.1, -0.05) is 0 Å². The summed E-state index contributed by atoms with van der Waals surface area (Å²) in [6.07, 6.45) is 1.55. The highest BCUT2D eigenvalue weighted by Crippen LogP contribution is 2.09. The fraction of sp³-hybridized carbons (Fsp3) is 0.647. The van der Waals surface area contributed by atoms with Crippen molar-refractivity contribution in [3.05, 3.63) is 29.8 Å². The second-order valence-corrected chi connectivity index (χ2v) is 8.54. The van der Waals surface area contributed by atoms with Crippen LogP contribution in [0.2, 0.25) is 0 Å². The molecule has 0 radical (unpaired) electrons. The number of aromatic nitrogens is 1. The van der Waals surface area contributed by atoms with Crippen molar-refractivity contribution < 1.29 is 17.5 Å². The molecule has 0 aliphatic carbocycles. The lowest BCUT2D eigenvalue weighted by molar-refractivity contribution is 0.0904. The molecule has 1 fully saturated rings. The maximum Gasteiger partial charge on any atom is 0.216 e. The van der Waals surface area contributed by atoms with Crippen LogP contribution >= 0.6 is 0 Å². The van der Waals surface area contributed by atoms with Gasteiger partial charge in [-0.3, -0.25) is 9.98 Å². The van der Waals surface area contributed by atoms with Gasteiger partial charge in [-0.2, -0.15) is 4.31 Å². The van der Waals surface area contributed by atoms with Crippen LogP contribution in [0.3, 0.4) is 0 Å². The van der Waals surface area contributed by atoms with E-state index in [1.54, 1.807) is 13.1 Å². The van der Waals surface area contributed by atoms with Gasteiger partial charge < -0.3 is 15.0 Å². The SMILES string of the molecule is CN=C(NCc1ncccc1F)N1CCN(S(=O)(=O)CCOC(C)C)CC1. The minimum Gasteiger partial charge on any atom is -0.378 e. The van der Waals surface area contributed by atoms with Gasteiger partial charge in [-0.25, -0.2) is 12.8 Å². The summed E-state index contributed by atoms with van der Waals surface area (Å²) in [6.45, 7) is 5.93. The number of hydrogen-bond donors (Lipinski definition) is 1. The molecule has 0 bridgehead atoms. The molecule has 2 rings (SSSR count). The predicted octanol–water partition coefficient (Wildman–Crippen LogP) is 0.669. The van der Waals surface area contributed by atoms with Gasteiger partial charge in [-0.15, -0.1) is 0 Å². The van der Waals surface area contributed by atoms with Crippen LogP contribution < -0.4 is 5.32 Å². The van der Waals surface area contributed by atoms with E-state index < -0.39 is 10.0 Å². The highest BCUT2D eigenvalue weighted by molar-refractivity contribution is 7.89. The van der Waals surface area contributed by atoms with Crippen LogP contribution in [0.4, 0.5) is 4.39 Å². The molecule has 1 aliphatic rings.